The van der Waals surface area contributed by atoms with Crippen LogP contribution in [0.15, 0.2) is 71.3 Å². The number of benzene rings is 2. The van der Waals surface area contributed by atoms with E-state index in [0.717, 1.165) is 16.9 Å². The summed E-state index contributed by atoms with van der Waals surface area (Å²) in [6.07, 6.45) is 1.37. The first-order valence-electron chi connectivity index (χ1n) is 10.9. The fraction of sp³-hybridized carbons (Fsp3) is 0.192. The number of esters is 1. The molecular weight excluding hydrogens is 434 g/mol. The number of nitrogens with one attached hydrogen (secondary N) is 1. The molecule has 0 spiro atoms. The summed E-state index contributed by atoms with van der Waals surface area (Å²) >= 11 is 0. The van der Waals surface area contributed by atoms with Crippen molar-refractivity contribution in [2.24, 2.45) is 0 Å². The van der Waals surface area contributed by atoms with Crippen LogP contribution in [0.4, 0.5) is 5.82 Å². The van der Waals surface area contributed by atoms with Crippen LogP contribution in [0.5, 0.6) is 5.75 Å². The summed E-state index contributed by atoms with van der Waals surface area (Å²) in [6.45, 7) is 6.08. The summed E-state index contributed by atoms with van der Waals surface area (Å²) in [6, 6.07) is 18.3. The summed E-state index contributed by atoms with van der Waals surface area (Å²) in [5, 5.41) is 7.01. The molecule has 0 radical (unpaired) electrons. The third-order valence-electron chi connectivity index (χ3n) is 4.96. The molecule has 0 aliphatic heterocycles. The molecule has 0 fully saturated rings. The molecule has 1 N–H and O–H groups in total. The monoisotopic (exact) mass is 459 g/mol. The highest BCUT2D eigenvalue weighted by molar-refractivity contribution is 6.06. The molecule has 0 bridgehead atoms. The number of anilines is 1. The Morgan fingerprint density at radius 1 is 1.03 bits per heavy atom. The molecule has 0 unspecified atom stereocenters. The van der Waals surface area contributed by atoms with Crippen LogP contribution in [0.2, 0.25) is 0 Å². The maximum absolute atomic E-state index is 13.0. The number of hydrogen-bond donors (Lipinski definition) is 1. The average Bonchev–Trinajstić information content (AvgIpc) is 3.45. The highest BCUT2D eigenvalue weighted by Gasteiger charge is 2.23. The lowest BCUT2D eigenvalue weighted by Crippen LogP contribution is -2.17. The van der Waals surface area contributed by atoms with E-state index in [4.69, 9.17) is 13.9 Å². The van der Waals surface area contributed by atoms with Gasteiger partial charge < -0.3 is 19.2 Å². The highest BCUT2D eigenvalue weighted by atomic mass is 16.5. The summed E-state index contributed by atoms with van der Waals surface area (Å²) in [4.78, 5) is 25.4. The predicted octanol–water partition coefficient (Wildman–Crippen LogP) is 5.09. The molecule has 0 aliphatic carbocycles. The van der Waals surface area contributed by atoms with Crippen LogP contribution >= 0.6 is 0 Å². The molecule has 2 aromatic heterocycles. The lowest BCUT2D eigenvalue weighted by Gasteiger charge is -2.10. The number of aryl methyl sites for hydroxylation is 2. The van der Waals surface area contributed by atoms with Gasteiger partial charge in [-0.1, -0.05) is 24.3 Å². The molecule has 4 rings (SSSR count). The molecule has 4 aromatic rings. The topological polar surface area (TPSA) is 95.6 Å². The second-order valence-electron chi connectivity index (χ2n) is 7.71. The van der Waals surface area contributed by atoms with Crippen LogP contribution in [0, 0.1) is 13.8 Å². The Hall–Kier alpha value is -4.33. The van der Waals surface area contributed by atoms with Gasteiger partial charge in [0.25, 0.3) is 5.91 Å². The van der Waals surface area contributed by atoms with Gasteiger partial charge in [-0.15, -0.1) is 0 Å². The van der Waals surface area contributed by atoms with Gasteiger partial charge in [0, 0.05) is 0 Å². The lowest BCUT2D eigenvalue weighted by molar-refractivity contribution is 0.0527. The Kier molecular flexibility index (Phi) is 6.77. The SMILES string of the molecule is CCOC(=O)c1cnn(-c2ccccc2)c1NC(=O)c1ccc(COc2cc(C)cc(C)c2)o1. The van der Waals surface area contributed by atoms with Crippen LogP contribution in [0.25, 0.3) is 5.69 Å². The van der Waals surface area contributed by atoms with E-state index in [0.29, 0.717) is 11.4 Å². The highest BCUT2D eigenvalue weighted by Crippen LogP contribution is 2.23. The van der Waals surface area contributed by atoms with Crippen LogP contribution in [-0.2, 0) is 11.3 Å². The molecule has 0 saturated carbocycles. The third kappa shape index (κ3) is 5.17. The Morgan fingerprint density at radius 3 is 2.47 bits per heavy atom. The summed E-state index contributed by atoms with van der Waals surface area (Å²) in [5.74, 6) is 0.383. The Bertz CT molecular complexity index is 1290. The summed E-state index contributed by atoms with van der Waals surface area (Å²) in [7, 11) is 0. The summed E-state index contributed by atoms with van der Waals surface area (Å²) in [5.41, 5.74) is 3.02. The van der Waals surface area contributed by atoms with Crippen LogP contribution in [0.3, 0.4) is 0 Å². The first kappa shape index (κ1) is 22.8. The normalized spacial score (nSPS) is 10.7. The van der Waals surface area contributed by atoms with Crippen molar-refractivity contribution in [3.63, 3.8) is 0 Å². The van der Waals surface area contributed by atoms with Crippen molar-refractivity contribution in [3.05, 3.63) is 95.1 Å². The van der Waals surface area contributed by atoms with Crippen molar-refractivity contribution >= 4 is 17.7 Å². The van der Waals surface area contributed by atoms with Crippen molar-refractivity contribution in [1.29, 1.82) is 0 Å². The number of amides is 1. The van der Waals surface area contributed by atoms with Gasteiger partial charge in [-0.25, -0.2) is 9.48 Å². The Labute approximate surface area is 197 Å². The Morgan fingerprint density at radius 2 is 1.76 bits per heavy atom. The largest absolute Gasteiger partial charge is 0.486 e. The number of aromatic nitrogens is 2. The zero-order valence-electron chi connectivity index (χ0n) is 19.2. The minimum atomic E-state index is -0.582. The standard InChI is InChI=1S/C26H25N3O5/c1-4-32-26(31)22-15-27-29(19-8-6-5-7-9-19)24(22)28-25(30)23-11-10-20(34-23)16-33-21-13-17(2)12-18(3)14-21/h5-15H,4,16H2,1-3H3,(H,28,30). The van der Waals surface area contributed by atoms with Crippen LogP contribution in [-0.4, -0.2) is 28.3 Å². The molecule has 2 aromatic carbocycles. The van der Waals surface area contributed by atoms with Crippen LogP contribution < -0.4 is 10.1 Å². The molecule has 34 heavy (non-hydrogen) atoms. The van der Waals surface area contributed by atoms with Gasteiger partial charge in [0.05, 0.1) is 18.5 Å². The van der Waals surface area contributed by atoms with Crippen LogP contribution in [0.1, 0.15) is 44.7 Å². The fourth-order valence-corrected chi connectivity index (χ4v) is 3.51. The van der Waals surface area contributed by atoms with Gasteiger partial charge >= 0.3 is 5.97 Å². The second kappa shape index (κ2) is 10.1. The number of carbonyl (C=O) groups is 2. The molecule has 1 amide bonds. The number of ether oxygens (including phenoxy) is 2. The van der Waals surface area contributed by atoms with E-state index in [2.05, 4.69) is 16.5 Å². The van der Waals surface area contributed by atoms with Gasteiger partial charge in [-0.05, 0) is 68.3 Å². The van der Waals surface area contributed by atoms with E-state index >= 15 is 0 Å². The molecular formula is C26H25N3O5. The van der Waals surface area contributed by atoms with Crippen molar-refractivity contribution in [1.82, 2.24) is 9.78 Å². The molecule has 8 heteroatoms. The van der Waals surface area contributed by atoms with Gasteiger partial charge in [-0.2, -0.15) is 5.10 Å². The maximum Gasteiger partial charge on any atom is 0.343 e. The maximum atomic E-state index is 13.0. The van der Waals surface area contributed by atoms with E-state index < -0.39 is 11.9 Å². The number of furan rings is 1. The quantitative estimate of drug-likeness (QED) is 0.369. The van der Waals surface area contributed by atoms with E-state index in [1.165, 1.54) is 10.9 Å². The molecule has 8 nitrogen and oxygen atoms in total. The van der Waals surface area contributed by atoms with E-state index in [1.807, 2.05) is 56.3 Å². The first-order chi connectivity index (χ1) is 16.4. The zero-order valence-corrected chi connectivity index (χ0v) is 19.2. The molecule has 2 heterocycles. The van der Waals surface area contributed by atoms with E-state index in [9.17, 15) is 9.59 Å². The van der Waals surface area contributed by atoms with Gasteiger partial charge in [0.1, 0.15) is 23.7 Å². The predicted molar refractivity (Wildman–Crippen MR) is 126 cm³/mol. The molecule has 174 valence electrons. The zero-order chi connectivity index (χ0) is 24.1. The van der Waals surface area contributed by atoms with Gasteiger partial charge in [-0.3, -0.25) is 4.79 Å². The fourth-order valence-electron chi connectivity index (χ4n) is 3.51. The second-order valence-corrected chi connectivity index (χ2v) is 7.71. The Balaban J connectivity index is 1.53. The van der Waals surface area contributed by atoms with Crippen molar-refractivity contribution < 1.29 is 23.5 Å². The molecule has 0 aliphatic rings. The number of rotatable bonds is 8. The van der Waals surface area contributed by atoms with Crippen molar-refractivity contribution in [2.45, 2.75) is 27.4 Å². The number of carbonyl (C=O) groups excluding carboxylic acids is 2. The number of nitrogens with zero attached hydrogens (tertiary/aromatic N) is 2. The van der Waals surface area contributed by atoms with E-state index in [-0.39, 0.29) is 30.4 Å². The smallest absolute Gasteiger partial charge is 0.343 e. The third-order valence-corrected chi connectivity index (χ3v) is 4.96. The summed E-state index contributed by atoms with van der Waals surface area (Å²) < 4.78 is 18.1. The van der Waals surface area contributed by atoms with Crippen molar-refractivity contribution in [3.8, 4) is 11.4 Å². The molecule has 0 saturated heterocycles. The minimum Gasteiger partial charge on any atom is -0.486 e. The average molecular weight is 460 g/mol. The van der Waals surface area contributed by atoms with E-state index in [1.54, 1.807) is 19.1 Å². The number of para-hydroxylation sites is 1. The van der Waals surface area contributed by atoms with Gasteiger partial charge in [0.15, 0.2) is 11.6 Å². The van der Waals surface area contributed by atoms with Crippen molar-refractivity contribution in [2.75, 3.05) is 11.9 Å². The van der Waals surface area contributed by atoms with Gasteiger partial charge in [0.2, 0.25) is 0 Å². The number of hydrogen-bond acceptors (Lipinski definition) is 6. The first-order valence-corrected chi connectivity index (χ1v) is 10.9. The minimum absolute atomic E-state index is 0.0784. The lowest BCUT2D eigenvalue weighted by atomic mass is 10.1. The molecule has 0 atom stereocenters.